The average molecular weight is 521 g/mol. The minimum absolute atomic E-state index is 0.357. The van der Waals surface area contributed by atoms with Gasteiger partial charge in [-0.05, 0) is 36.0 Å². The van der Waals surface area contributed by atoms with E-state index in [2.05, 4.69) is 112 Å². The lowest BCUT2D eigenvalue weighted by molar-refractivity contribution is 0.0600. The van der Waals surface area contributed by atoms with Gasteiger partial charge in [0.1, 0.15) is 5.75 Å². The van der Waals surface area contributed by atoms with Crippen LogP contribution in [-0.4, -0.2) is 20.2 Å². The number of halogens is 1. The first kappa shape index (κ1) is 24.7. The molecule has 0 bridgehead atoms. The molecule has 0 aliphatic carbocycles. The molecule has 0 heterocycles. The van der Waals surface area contributed by atoms with Gasteiger partial charge in [-0.1, -0.05) is 113 Å². The van der Waals surface area contributed by atoms with Crippen LogP contribution in [-0.2, 0) is 10.1 Å². The molecule has 0 unspecified atom stereocenters. The topological polar surface area (TPSA) is 35.5 Å². The molecule has 33 heavy (non-hydrogen) atoms. The highest BCUT2D eigenvalue weighted by molar-refractivity contribution is 9.08. The Labute approximate surface area is 205 Å². The maximum Gasteiger partial charge on any atom is 0.337 e. The largest absolute Gasteiger partial charge is 0.496 e. The third-order valence-corrected chi connectivity index (χ3v) is 7.94. The Kier molecular flexibility index (Phi) is 9.68. The van der Waals surface area contributed by atoms with Crippen molar-refractivity contribution in [3.05, 3.63) is 120 Å². The number of methoxy groups -OCH3 is 2. The van der Waals surface area contributed by atoms with Gasteiger partial charge in [0, 0.05) is 10.9 Å². The lowest BCUT2D eigenvalue weighted by Gasteiger charge is -2.18. The SMILES string of the molecule is COC(=O)c1ccc(CBr)c(OC)c1.c1ccc(P(c2ccccc2)c2ccccc2)cc1. The zero-order valence-corrected chi connectivity index (χ0v) is 21.1. The van der Waals surface area contributed by atoms with E-state index in [4.69, 9.17) is 4.74 Å². The number of esters is 1. The number of ether oxygens (including phenoxy) is 2. The van der Waals surface area contributed by atoms with Gasteiger partial charge in [-0.15, -0.1) is 0 Å². The first-order valence-corrected chi connectivity index (χ1v) is 12.9. The van der Waals surface area contributed by atoms with Gasteiger partial charge in [-0.3, -0.25) is 0 Å². The predicted molar refractivity (Wildman–Crippen MR) is 142 cm³/mol. The summed E-state index contributed by atoms with van der Waals surface area (Å²) in [5, 5.41) is 4.89. The molecule has 5 heteroatoms. The second-order valence-electron chi connectivity index (χ2n) is 6.99. The summed E-state index contributed by atoms with van der Waals surface area (Å²) in [5.74, 6) is 0.328. The van der Waals surface area contributed by atoms with Gasteiger partial charge in [0.2, 0.25) is 0 Å². The smallest absolute Gasteiger partial charge is 0.337 e. The maximum atomic E-state index is 11.2. The van der Waals surface area contributed by atoms with Crippen molar-refractivity contribution in [2.75, 3.05) is 14.2 Å². The third-order valence-electron chi connectivity index (χ3n) is 4.90. The van der Waals surface area contributed by atoms with Gasteiger partial charge in [-0.25, -0.2) is 4.79 Å². The summed E-state index contributed by atoms with van der Waals surface area (Å²) in [4.78, 5) is 11.2. The van der Waals surface area contributed by atoms with E-state index in [1.807, 2.05) is 6.07 Å². The summed E-state index contributed by atoms with van der Waals surface area (Å²) in [5.41, 5.74) is 1.49. The highest BCUT2D eigenvalue weighted by Gasteiger charge is 2.15. The number of benzene rings is 4. The van der Waals surface area contributed by atoms with E-state index in [0.29, 0.717) is 16.6 Å². The number of alkyl halides is 1. The molecule has 0 amide bonds. The van der Waals surface area contributed by atoms with Crippen LogP contribution in [0.15, 0.2) is 109 Å². The number of hydrogen-bond acceptors (Lipinski definition) is 3. The molecule has 0 aliphatic rings. The fourth-order valence-corrected chi connectivity index (χ4v) is 6.05. The van der Waals surface area contributed by atoms with Gasteiger partial charge >= 0.3 is 5.97 Å². The molecule has 0 radical (unpaired) electrons. The first-order chi connectivity index (χ1) is 16.2. The van der Waals surface area contributed by atoms with Crippen molar-refractivity contribution in [3.63, 3.8) is 0 Å². The maximum absolute atomic E-state index is 11.2. The van der Waals surface area contributed by atoms with Crippen LogP contribution >= 0.6 is 23.9 Å². The third kappa shape index (κ3) is 6.77. The van der Waals surface area contributed by atoms with Gasteiger partial charge in [0.15, 0.2) is 0 Å². The molecular weight excluding hydrogens is 495 g/mol. The Morgan fingerprint density at radius 3 is 1.55 bits per heavy atom. The van der Waals surface area contributed by atoms with E-state index in [1.54, 1.807) is 19.2 Å². The second-order valence-corrected chi connectivity index (χ2v) is 9.77. The molecule has 3 nitrogen and oxygen atoms in total. The molecule has 0 saturated carbocycles. The van der Waals surface area contributed by atoms with Crippen LogP contribution in [0.4, 0.5) is 0 Å². The minimum Gasteiger partial charge on any atom is -0.496 e. The van der Waals surface area contributed by atoms with Gasteiger partial charge in [0.05, 0.1) is 19.8 Å². The summed E-state index contributed by atoms with van der Waals surface area (Å²) in [6.07, 6.45) is 0. The Bertz CT molecular complexity index is 1040. The summed E-state index contributed by atoms with van der Waals surface area (Å²) in [6, 6.07) is 37.5. The zero-order chi connectivity index (χ0) is 23.5. The van der Waals surface area contributed by atoms with Crippen LogP contribution in [0.3, 0.4) is 0 Å². The Hall–Kier alpha value is -2.94. The van der Waals surface area contributed by atoms with Crippen LogP contribution in [0.25, 0.3) is 0 Å². The number of carbonyl (C=O) groups is 1. The Morgan fingerprint density at radius 1 is 0.727 bits per heavy atom. The molecule has 168 valence electrons. The van der Waals surface area contributed by atoms with Crippen molar-refractivity contribution >= 4 is 45.7 Å². The molecule has 0 N–H and O–H groups in total. The molecule has 4 rings (SSSR count). The molecule has 4 aromatic carbocycles. The summed E-state index contributed by atoms with van der Waals surface area (Å²) >= 11 is 3.33. The fraction of sp³-hybridized carbons (Fsp3) is 0.107. The van der Waals surface area contributed by atoms with Crippen molar-refractivity contribution in [1.29, 1.82) is 0 Å². The predicted octanol–water partition coefficient (Wildman–Crippen LogP) is 5.82. The van der Waals surface area contributed by atoms with E-state index in [9.17, 15) is 4.79 Å². The number of rotatable bonds is 6. The summed E-state index contributed by atoms with van der Waals surface area (Å²) < 4.78 is 9.74. The Morgan fingerprint density at radius 2 is 1.18 bits per heavy atom. The number of carbonyl (C=O) groups excluding carboxylic acids is 1. The quantitative estimate of drug-likeness (QED) is 0.182. The molecule has 4 aromatic rings. The van der Waals surface area contributed by atoms with E-state index >= 15 is 0 Å². The first-order valence-electron chi connectivity index (χ1n) is 10.4. The molecule has 0 aromatic heterocycles. The normalized spacial score (nSPS) is 10.2. The van der Waals surface area contributed by atoms with Gasteiger partial charge < -0.3 is 9.47 Å². The van der Waals surface area contributed by atoms with Gasteiger partial charge in [-0.2, -0.15) is 0 Å². The highest BCUT2D eigenvalue weighted by atomic mass is 79.9. The molecule has 0 atom stereocenters. The van der Waals surface area contributed by atoms with Crippen molar-refractivity contribution < 1.29 is 14.3 Å². The van der Waals surface area contributed by atoms with Crippen molar-refractivity contribution in [1.82, 2.24) is 0 Å². The summed E-state index contributed by atoms with van der Waals surface area (Å²) in [7, 11) is 2.48. The van der Waals surface area contributed by atoms with E-state index < -0.39 is 7.92 Å². The Balaban J connectivity index is 0.000000196. The van der Waals surface area contributed by atoms with Crippen LogP contribution < -0.4 is 20.7 Å². The van der Waals surface area contributed by atoms with Crippen molar-refractivity contribution in [3.8, 4) is 5.75 Å². The zero-order valence-electron chi connectivity index (χ0n) is 18.6. The highest BCUT2D eigenvalue weighted by Crippen LogP contribution is 2.32. The van der Waals surface area contributed by atoms with Gasteiger partial charge in [0.25, 0.3) is 0 Å². The van der Waals surface area contributed by atoms with E-state index in [1.165, 1.54) is 23.0 Å². The van der Waals surface area contributed by atoms with Crippen LogP contribution in [0, 0.1) is 0 Å². The fourth-order valence-electron chi connectivity index (χ4n) is 3.28. The molecule has 0 aliphatic heterocycles. The van der Waals surface area contributed by atoms with Crippen LogP contribution in [0.2, 0.25) is 0 Å². The second kappa shape index (κ2) is 12.9. The van der Waals surface area contributed by atoms with E-state index in [0.717, 1.165) is 5.56 Å². The molecule has 0 fully saturated rings. The average Bonchev–Trinajstić information content (AvgIpc) is 2.90. The lowest BCUT2D eigenvalue weighted by Crippen LogP contribution is -2.20. The summed E-state index contributed by atoms with van der Waals surface area (Å²) in [6.45, 7) is 0. The molecule has 0 saturated heterocycles. The standard InChI is InChI=1S/C18H15P.C10H11BrO3/c1-4-10-16(11-5-1)19(17-12-6-2-7-13-17)18-14-8-3-9-15-18;1-13-9-5-7(10(12)14-2)3-4-8(9)6-11/h1-15H;3-5H,6H2,1-2H3. The monoisotopic (exact) mass is 520 g/mol. The van der Waals surface area contributed by atoms with Crippen molar-refractivity contribution in [2.45, 2.75) is 5.33 Å². The molecule has 0 spiro atoms. The minimum atomic E-state index is -0.446. The lowest BCUT2D eigenvalue weighted by atomic mass is 10.1. The molecular formula is C28H26BrO3P. The van der Waals surface area contributed by atoms with E-state index in [-0.39, 0.29) is 5.97 Å². The van der Waals surface area contributed by atoms with Crippen molar-refractivity contribution in [2.24, 2.45) is 0 Å². The number of hydrogen-bond donors (Lipinski definition) is 0. The van der Waals surface area contributed by atoms with Crippen LogP contribution in [0.5, 0.6) is 5.75 Å². The van der Waals surface area contributed by atoms with Crippen LogP contribution in [0.1, 0.15) is 15.9 Å².